The molecule has 0 bridgehead atoms. The normalized spacial score (nSPS) is 12.5. The molecule has 0 fully saturated rings. The molecule has 1 atom stereocenters. The summed E-state index contributed by atoms with van der Waals surface area (Å²) in [5.74, 6) is -0.919. The Morgan fingerprint density at radius 2 is 0.639 bits per heavy atom. The predicted molar refractivity (Wildman–Crippen MR) is 261 cm³/mol. The lowest BCUT2D eigenvalue weighted by atomic mass is 10.0. The van der Waals surface area contributed by atoms with Gasteiger partial charge in [0, 0.05) is 19.3 Å². The fourth-order valence-corrected chi connectivity index (χ4v) is 7.20. The first kappa shape index (κ1) is 58.1. The third-order valence-electron chi connectivity index (χ3n) is 11.1. The van der Waals surface area contributed by atoms with Crippen molar-refractivity contribution in [2.24, 2.45) is 0 Å². The molecule has 0 saturated heterocycles. The van der Waals surface area contributed by atoms with Crippen molar-refractivity contribution in [1.82, 2.24) is 0 Å². The van der Waals surface area contributed by atoms with Gasteiger partial charge < -0.3 is 14.2 Å². The van der Waals surface area contributed by atoms with Gasteiger partial charge in [0.1, 0.15) is 13.2 Å². The quantitative estimate of drug-likeness (QED) is 0.0263. The van der Waals surface area contributed by atoms with Gasteiger partial charge in [0.2, 0.25) is 0 Å². The number of hydrogen-bond donors (Lipinski definition) is 0. The fraction of sp³-hybridized carbons (Fsp3) is 0.764. The summed E-state index contributed by atoms with van der Waals surface area (Å²) in [7, 11) is 0. The highest BCUT2D eigenvalue weighted by molar-refractivity contribution is 5.71. The second-order valence-corrected chi connectivity index (χ2v) is 17.1. The molecule has 0 aromatic heterocycles. The van der Waals surface area contributed by atoms with E-state index in [1.54, 1.807) is 0 Å². The summed E-state index contributed by atoms with van der Waals surface area (Å²) in [6, 6.07) is 0. The number of hydrogen-bond acceptors (Lipinski definition) is 6. The first-order chi connectivity index (χ1) is 30.0. The predicted octanol–water partition coefficient (Wildman–Crippen LogP) is 16.9. The second kappa shape index (κ2) is 49.8. The molecule has 1 unspecified atom stereocenters. The molecule has 0 aromatic carbocycles. The summed E-state index contributed by atoms with van der Waals surface area (Å²) >= 11 is 0. The topological polar surface area (TPSA) is 78.9 Å². The van der Waals surface area contributed by atoms with Gasteiger partial charge in [0.05, 0.1) is 0 Å². The number of rotatable bonds is 46. The van der Waals surface area contributed by atoms with Gasteiger partial charge in [-0.05, 0) is 64.2 Å². The van der Waals surface area contributed by atoms with Gasteiger partial charge in [-0.2, -0.15) is 0 Å². The molecule has 0 aromatic rings. The van der Waals surface area contributed by atoms with Crippen molar-refractivity contribution in [2.45, 2.75) is 258 Å². The molecule has 0 aliphatic carbocycles. The number of esters is 3. The Morgan fingerprint density at radius 1 is 0.344 bits per heavy atom. The molecule has 6 nitrogen and oxygen atoms in total. The van der Waals surface area contributed by atoms with E-state index in [1.165, 1.54) is 109 Å². The van der Waals surface area contributed by atoms with Crippen LogP contribution in [0, 0.1) is 0 Å². The summed E-state index contributed by atoms with van der Waals surface area (Å²) in [6.45, 7) is 6.47. The van der Waals surface area contributed by atoms with Crippen LogP contribution in [0.5, 0.6) is 0 Å². The Kier molecular flexibility index (Phi) is 47.4. The first-order valence-corrected chi connectivity index (χ1v) is 25.8. The lowest BCUT2D eigenvalue weighted by Gasteiger charge is -2.18. The highest BCUT2D eigenvalue weighted by Crippen LogP contribution is 2.15. The van der Waals surface area contributed by atoms with E-state index in [-0.39, 0.29) is 31.1 Å². The Morgan fingerprint density at radius 3 is 1.00 bits per heavy atom. The van der Waals surface area contributed by atoms with Crippen LogP contribution in [0.15, 0.2) is 60.8 Å². The molecule has 0 N–H and O–H groups in total. The van der Waals surface area contributed by atoms with Crippen LogP contribution < -0.4 is 0 Å². The van der Waals surface area contributed by atoms with Crippen molar-refractivity contribution in [3.63, 3.8) is 0 Å². The van der Waals surface area contributed by atoms with Gasteiger partial charge in [-0.25, -0.2) is 0 Å². The highest BCUT2D eigenvalue weighted by Gasteiger charge is 2.19. The van der Waals surface area contributed by atoms with E-state index in [1.807, 2.05) is 0 Å². The van der Waals surface area contributed by atoms with E-state index < -0.39 is 6.10 Å². The standard InChI is InChI=1S/C55H96O6/c1-4-7-10-13-16-19-22-25-26-27-28-29-31-33-36-39-42-45-48-54(57)60-51-52(50-59-53(56)47-44-41-38-35-32-24-21-18-15-12-9-6-3)61-55(58)49-46-43-40-37-34-30-23-20-17-14-11-8-5-2/h8,11,14,17,20,23,26-29,52H,4-7,9-10,12-13,15-16,18-19,21-22,24-25,30-51H2,1-3H3/b11-8-,17-14-,23-20-,27-26-,29-28-. The maximum absolute atomic E-state index is 12.8. The maximum atomic E-state index is 12.8. The van der Waals surface area contributed by atoms with Crippen molar-refractivity contribution in [3.8, 4) is 0 Å². The molecule has 0 heterocycles. The molecular formula is C55H96O6. The number of carbonyl (C=O) groups is 3. The van der Waals surface area contributed by atoms with Gasteiger partial charge in [0.25, 0.3) is 0 Å². The Labute approximate surface area is 377 Å². The van der Waals surface area contributed by atoms with Crippen molar-refractivity contribution in [3.05, 3.63) is 60.8 Å². The fourth-order valence-electron chi connectivity index (χ4n) is 7.20. The van der Waals surface area contributed by atoms with Crippen molar-refractivity contribution in [2.75, 3.05) is 13.2 Å². The van der Waals surface area contributed by atoms with Crippen molar-refractivity contribution < 1.29 is 28.6 Å². The van der Waals surface area contributed by atoms with Crippen LogP contribution in [-0.4, -0.2) is 37.2 Å². The zero-order valence-corrected chi connectivity index (χ0v) is 40.2. The minimum absolute atomic E-state index is 0.0862. The molecule has 0 radical (unpaired) electrons. The number of allylic oxidation sites excluding steroid dienone is 10. The van der Waals surface area contributed by atoms with Crippen LogP contribution in [0.25, 0.3) is 0 Å². The van der Waals surface area contributed by atoms with Gasteiger partial charge >= 0.3 is 17.9 Å². The van der Waals surface area contributed by atoms with Crippen LogP contribution in [0.1, 0.15) is 252 Å². The molecule has 0 saturated carbocycles. The lowest BCUT2D eigenvalue weighted by molar-refractivity contribution is -0.167. The van der Waals surface area contributed by atoms with E-state index in [9.17, 15) is 14.4 Å². The minimum Gasteiger partial charge on any atom is -0.462 e. The number of ether oxygens (including phenoxy) is 3. The third kappa shape index (κ3) is 48.0. The lowest BCUT2D eigenvalue weighted by Crippen LogP contribution is -2.30. The zero-order valence-electron chi connectivity index (χ0n) is 40.2. The van der Waals surface area contributed by atoms with E-state index in [0.29, 0.717) is 19.3 Å². The van der Waals surface area contributed by atoms with E-state index >= 15 is 0 Å². The molecule has 0 rings (SSSR count). The van der Waals surface area contributed by atoms with E-state index in [2.05, 4.69) is 81.5 Å². The highest BCUT2D eigenvalue weighted by atomic mass is 16.6. The van der Waals surface area contributed by atoms with Crippen LogP contribution in [0.2, 0.25) is 0 Å². The van der Waals surface area contributed by atoms with Crippen LogP contribution in [0.3, 0.4) is 0 Å². The SMILES string of the molecule is CC\C=C/C=C\C=C/CCCCCCCC(=O)OC(COC(=O)CCCCCCC/C=C\C=C/CCCCCCCCC)COC(=O)CCCCCCCCCCCCCC. The third-order valence-corrected chi connectivity index (χ3v) is 11.1. The van der Waals surface area contributed by atoms with E-state index in [4.69, 9.17) is 14.2 Å². The average Bonchev–Trinajstić information content (AvgIpc) is 3.26. The van der Waals surface area contributed by atoms with Crippen molar-refractivity contribution >= 4 is 17.9 Å². The van der Waals surface area contributed by atoms with Gasteiger partial charge in [0.15, 0.2) is 6.10 Å². The maximum Gasteiger partial charge on any atom is 0.306 e. The second-order valence-electron chi connectivity index (χ2n) is 17.1. The minimum atomic E-state index is -0.788. The summed E-state index contributed by atoms with van der Waals surface area (Å²) in [4.78, 5) is 37.9. The molecular weight excluding hydrogens is 757 g/mol. The zero-order chi connectivity index (χ0) is 44.4. The van der Waals surface area contributed by atoms with Gasteiger partial charge in [-0.3, -0.25) is 14.4 Å². The first-order valence-electron chi connectivity index (χ1n) is 25.8. The monoisotopic (exact) mass is 853 g/mol. The molecule has 61 heavy (non-hydrogen) atoms. The molecule has 0 spiro atoms. The van der Waals surface area contributed by atoms with Crippen LogP contribution >= 0.6 is 0 Å². The number of unbranched alkanes of at least 4 members (excludes halogenated alkanes) is 28. The molecule has 0 aliphatic rings. The largest absolute Gasteiger partial charge is 0.462 e. The summed E-state index contributed by atoms with van der Waals surface area (Å²) in [5, 5.41) is 0. The molecule has 0 amide bonds. The Hall–Kier alpha value is -2.89. The average molecular weight is 853 g/mol. The molecule has 6 heteroatoms. The number of carbonyl (C=O) groups excluding carboxylic acids is 3. The van der Waals surface area contributed by atoms with Crippen LogP contribution in [-0.2, 0) is 28.6 Å². The summed E-state index contributed by atoms with van der Waals surface area (Å²) in [6.07, 6.45) is 60.6. The van der Waals surface area contributed by atoms with Crippen LogP contribution in [0.4, 0.5) is 0 Å². The smallest absolute Gasteiger partial charge is 0.306 e. The van der Waals surface area contributed by atoms with Gasteiger partial charge in [-0.1, -0.05) is 229 Å². The summed E-state index contributed by atoms with van der Waals surface area (Å²) < 4.78 is 16.8. The van der Waals surface area contributed by atoms with Crippen molar-refractivity contribution in [1.29, 1.82) is 0 Å². The molecule has 352 valence electrons. The Balaban J connectivity index is 4.40. The Bertz CT molecular complexity index is 1120. The summed E-state index contributed by atoms with van der Waals surface area (Å²) in [5.41, 5.74) is 0. The molecule has 0 aliphatic heterocycles. The van der Waals surface area contributed by atoms with E-state index in [0.717, 1.165) is 103 Å². The van der Waals surface area contributed by atoms with Gasteiger partial charge in [-0.15, -0.1) is 0 Å².